The second-order valence-corrected chi connectivity index (χ2v) is 7.96. The number of hydrogen-bond acceptors (Lipinski definition) is 6. The Morgan fingerprint density at radius 2 is 1.87 bits per heavy atom. The smallest absolute Gasteiger partial charge is 0.243 e. The normalized spacial score (nSPS) is 10.8. The number of halogens is 1. The number of benzene rings is 2. The minimum absolute atomic E-state index is 0.141. The zero-order valence-corrected chi connectivity index (χ0v) is 18.0. The fraction of sp³-hybridized carbons (Fsp3) is 0.136. The Morgan fingerprint density at radius 1 is 1.13 bits per heavy atom. The number of nitrogens with one attached hydrogen (secondary N) is 1. The highest BCUT2D eigenvalue weighted by Gasteiger charge is 2.17. The van der Waals surface area contributed by atoms with Crippen molar-refractivity contribution in [2.24, 2.45) is 0 Å². The van der Waals surface area contributed by atoms with Gasteiger partial charge in [-0.3, -0.25) is 4.79 Å². The van der Waals surface area contributed by atoms with E-state index in [2.05, 4.69) is 20.7 Å². The summed E-state index contributed by atoms with van der Waals surface area (Å²) in [6, 6.07) is 14.9. The third-order valence-corrected chi connectivity index (χ3v) is 5.76. The van der Waals surface area contributed by atoms with Crippen LogP contribution in [0.2, 0.25) is 5.02 Å². The molecule has 0 saturated heterocycles. The molecule has 2 heterocycles. The van der Waals surface area contributed by atoms with Crippen molar-refractivity contribution in [2.45, 2.75) is 0 Å². The lowest BCUT2D eigenvalue weighted by atomic mass is 10.1. The first-order chi connectivity index (χ1) is 14.5. The van der Waals surface area contributed by atoms with E-state index in [1.807, 2.05) is 36.2 Å². The molecule has 30 heavy (non-hydrogen) atoms. The quantitative estimate of drug-likeness (QED) is 0.454. The second-order valence-electron chi connectivity index (χ2n) is 6.67. The summed E-state index contributed by atoms with van der Waals surface area (Å²) in [7, 11) is 3.45. The van der Waals surface area contributed by atoms with Crippen LogP contribution < -0.4 is 15.0 Å². The highest BCUT2D eigenvalue weighted by molar-refractivity contribution is 7.17. The van der Waals surface area contributed by atoms with Gasteiger partial charge < -0.3 is 15.0 Å². The Balaban J connectivity index is 1.58. The lowest BCUT2D eigenvalue weighted by Crippen LogP contribution is -2.30. The zero-order chi connectivity index (χ0) is 21.1. The van der Waals surface area contributed by atoms with Crippen molar-refractivity contribution in [3.8, 4) is 16.9 Å². The number of aromatic nitrogens is 2. The molecule has 1 amide bonds. The van der Waals surface area contributed by atoms with Gasteiger partial charge in [-0.25, -0.2) is 9.97 Å². The Labute approximate surface area is 183 Å². The molecule has 6 nitrogen and oxygen atoms in total. The summed E-state index contributed by atoms with van der Waals surface area (Å²) in [6.45, 7) is 0.147. The summed E-state index contributed by atoms with van der Waals surface area (Å²) >= 11 is 7.58. The molecule has 0 spiro atoms. The van der Waals surface area contributed by atoms with Gasteiger partial charge in [0.1, 0.15) is 22.7 Å². The molecular formula is C22H19ClN4O2S. The number of anilines is 2. The average molecular weight is 439 g/mol. The number of thiophene rings is 1. The van der Waals surface area contributed by atoms with Gasteiger partial charge in [0.15, 0.2) is 0 Å². The van der Waals surface area contributed by atoms with Crippen LogP contribution >= 0.6 is 22.9 Å². The third-order valence-electron chi connectivity index (χ3n) is 4.62. The van der Waals surface area contributed by atoms with Crippen LogP contribution in [0, 0.1) is 0 Å². The van der Waals surface area contributed by atoms with Crippen LogP contribution in [-0.2, 0) is 4.79 Å². The van der Waals surface area contributed by atoms with E-state index in [4.69, 9.17) is 16.3 Å². The van der Waals surface area contributed by atoms with E-state index in [0.717, 1.165) is 27.1 Å². The van der Waals surface area contributed by atoms with Crippen LogP contribution in [0.25, 0.3) is 21.3 Å². The SMILES string of the molecule is COc1ccc(NC(=O)CN(C)c2ncnc3scc(-c4ccc(Cl)cc4)c23)cc1. The van der Waals surface area contributed by atoms with Gasteiger partial charge in [-0.2, -0.15) is 0 Å². The third kappa shape index (κ3) is 4.22. The molecule has 4 aromatic rings. The minimum atomic E-state index is -0.141. The predicted octanol–water partition coefficient (Wildman–Crippen LogP) is 5.10. The van der Waals surface area contributed by atoms with Gasteiger partial charge >= 0.3 is 0 Å². The number of rotatable bonds is 6. The van der Waals surface area contributed by atoms with Gasteiger partial charge in [-0.15, -0.1) is 11.3 Å². The van der Waals surface area contributed by atoms with Crippen LogP contribution in [0.3, 0.4) is 0 Å². The molecule has 0 aliphatic heterocycles. The van der Waals surface area contributed by atoms with E-state index in [9.17, 15) is 4.79 Å². The summed E-state index contributed by atoms with van der Waals surface area (Å²) in [6.07, 6.45) is 1.53. The van der Waals surface area contributed by atoms with Gasteiger partial charge in [-0.05, 0) is 42.0 Å². The van der Waals surface area contributed by atoms with Crippen molar-refractivity contribution in [1.29, 1.82) is 0 Å². The van der Waals surface area contributed by atoms with Gasteiger partial charge in [0, 0.05) is 28.7 Å². The number of hydrogen-bond donors (Lipinski definition) is 1. The molecule has 0 aliphatic carbocycles. The fourth-order valence-corrected chi connectivity index (χ4v) is 4.19. The minimum Gasteiger partial charge on any atom is -0.497 e. The lowest BCUT2D eigenvalue weighted by molar-refractivity contribution is -0.114. The molecule has 152 valence electrons. The number of fused-ring (bicyclic) bond motifs is 1. The first-order valence-corrected chi connectivity index (χ1v) is 10.4. The number of nitrogens with zero attached hydrogens (tertiary/aromatic N) is 3. The van der Waals surface area contributed by atoms with E-state index in [1.165, 1.54) is 6.33 Å². The van der Waals surface area contributed by atoms with E-state index in [0.29, 0.717) is 16.5 Å². The van der Waals surface area contributed by atoms with Gasteiger partial charge in [0.2, 0.25) is 5.91 Å². The number of ether oxygens (including phenoxy) is 1. The number of amides is 1. The summed E-state index contributed by atoms with van der Waals surface area (Å²) < 4.78 is 5.14. The van der Waals surface area contributed by atoms with Gasteiger partial charge in [-0.1, -0.05) is 23.7 Å². The second kappa shape index (κ2) is 8.69. The molecule has 8 heteroatoms. The van der Waals surface area contributed by atoms with Crippen molar-refractivity contribution < 1.29 is 9.53 Å². The Morgan fingerprint density at radius 3 is 2.57 bits per heavy atom. The maximum Gasteiger partial charge on any atom is 0.243 e. The van der Waals surface area contributed by atoms with E-state index in [1.54, 1.807) is 42.7 Å². The van der Waals surface area contributed by atoms with Gasteiger partial charge in [0.05, 0.1) is 19.0 Å². The van der Waals surface area contributed by atoms with Crippen molar-refractivity contribution in [3.05, 3.63) is 65.3 Å². The zero-order valence-electron chi connectivity index (χ0n) is 16.4. The van der Waals surface area contributed by atoms with Crippen molar-refractivity contribution in [2.75, 3.05) is 30.9 Å². The number of methoxy groups -OCH3 is 1. The molecule has 2 aromatic carbocycles. The summed E-state index contributed by atoms with van der Waals surface area (Å²) in [4.78, 5) is 24.1. The molecule has 4 rings (SSSR count). The monoisotopic (exact) mass is 438 g/mol. The molecule has 0 aliphatic rings. The number of likely N-dealkylation sites (N-methyl/N-ethyl adjacent to an activating group) is 1. The Kier molecular flexibility index (Phi) is 5.83. The summed E-state index contributed by atoms with van der Waals surface area (Å²) in [5, 5.41) is 6.55. The maximum atomic E-state index is 12.6. The van der Waals surface area contributed by atoms with E-state index >= 15 is 0 Å². The first kappa shape index (κ1) is 20.1. The standard InChI is InChI=1S/C22H19ClN4O2S/c1-27(11-19(28)26-16-7-9-17(29-2)10-8-16)21-20-18(12-30-22(20)25-13-24-21)14-3-5-15(23)6-4-14/h3-10,12-13H,11H2,1-2H3,(H,26,28). The lowest BCUT2D eigenvalue weighted by Gasteiger charge is -2.19. The average Bonchev–Trinajstić information content (AvgIpc) is 3.19. The predicted molar refractivity (Wildman–Crippen MR) is 123 cm³/mol. The van der Waals surface area contributed by atoms with Crippen molar-refractivity contribution in [3.63, 3.8) is 0 Å². The first-order valence-electron chi connectivity index (χ1n) is 9.18. The molecule has 0 saturated carbocycles. The maximum absolute atomic E-state index is 12.6. The molecule has 1 N–H and O–H groups in total. The largest absolute Gasteiger partial charge is 0.497 e. The molecule has 0 radical (unpaired) electrons. The van der Waals surface area contributed by atoms with Crippen LogP contribution in [0.5, 0.6) is 5.75 Å². The number of carbonyl (C=O) groups is 1. The molecule has 2 aromatic heterocycles. The molecule has 0 atom stereocenters. The van der Waals surface area contributed by atoms with Crippen LogP contribution in [0.4, 0.5) is 11.5 Å². The molecule has 0 bridgehead atoms. The highest BCUT2D eigenvalue weighted by Crippen LogP contribution is 2.37. The molecule has 0 unspecified atom stereocenters. The van der Waals surface area contributed by atoms with Crippen LogP contribution in [-0.4, -0.2) is 36.6 Å². The van der Waals surface area contributed by atoms with E-state index in [-0.39, 0.29) is 12.5 Å². The van der Waals surface area contributed by atoms with Crippen LogP contribution in [0.15, 0.2) is 60.2 Å². The Bertz CT molecular complexity index is 1180. The van der Waals surface area contributed by atoms with Crippen LogP contribution in [0.1, 0.15) is 0 Å². The van der Waals surface area contributed by atoms with Crippen molar-refractivity contribution in [1.82, 2.24) is 9.97 Å². The van der Waals surface area contributed by atoms with Crippen molar-refractivity contribution >= 4 is 50.6 Å². The van der Waals surface area contributed by atoms with Gasteiger partial charge in [0.25, 0.3) is 0 Å². The number of carbonyl (C=O) groups excluding carboxylic acids is 1. The molecular weight excluding hydrogens is 420 g/mol. The highest BCUT2D eigenvalue weighted by atomic mass is 35.5. The summed E-state index contributed by atoms with van der Waals surface area (Å²) in [5.74, 6) is 1.30. The summed E-state index contributed by atoms with van der Waals surface area (Å²) in [5.41, 5.74) is 2.75. The topological polar surface area (TPSA) is 67.3 Å². The van der Waals surface area contributed by atoms with E-state index < -0.39 is 0 Å². The fourth-order valence-electron chi connectivity index (χ4n) is 3.16. The molecule has 0 fully saturated rings. The Hall–Kier alpha value is -3.16.